The lowest BCUT2D eigenvalue weighted by molar-refractivity contribution is -0.215. The van der Waals surface area contributed by atoms with E-state index < -0.39 is 24.0 Å². The first-order valence-electron chi connectivity index (χ1n) is 11.2. The molecule has 1 fully saturated rings. The Morgan fingerprint density at radius 3 is 2.51 bits per heavy atom. The third-order valence-corrected chi connectivity index (χ3v) is 6.31. The largest absolute Gasteiger partial charge is 0.467 e. The zero-order valence-corrected chi connectivity index (χ0v) is 19.2. The van der Waals surface area contributed by atoms with Crippen LogP contribution in [0.25, 0.3) is 0 Å². The minimum absolute atomic E-state index is 0.162. The molecule has 1 unspecified atom stereocenters. The molecule has 1 aliphatic rings. The van der Waals surface area contributed by atoms with Crippen LogP contribution in [0.2, 0.25) is 0 Å². The highest BCUT2D eigenvalue weighted by Gasteiger charge is 2.63. The number of hydrogen-bond donors (Lipinski definition) is 2. The van der Waals surface area contributed by atoms with Crippen LogP contribution < -0.4 is 10.6 Å². The van der Waals surface area contributed by atoms with E-state index in [9.17, 15) is 22.8 Å². The number of halogens is 3. The van der Waals surface area contributed by atoms with E-state index in [1.165, 1.54) is 24.5 Å². The summed E-state index contributed by atoms with van der Waals surface area (Å²) in [7, 11) is 0. The number of carbonyl (C=O) groups excluding carboxylic acids is 2. The average Bonchev–Trinajstić information content (AvgIpc) is 3.50. The van der Waals surface area contributed by atoms with Crippen LogP contribution in [0.15, 0.2) is 71.3 Å². The van der Waals surface area contributed by atoms with Gasteiger partial charge in [-0.15, -0.1) is 0 Å². The van der Waals surface area contributed by atoms with Gasteiger partial charge in [0.1, 0.15) is 5.76 Å². The molecule has 0 bridgehead atoms. The number of nitrogens with one attached hydrogen (secondary N) is 2. The Kier molecular flexibility index (Phi) is 6.98. The summed E-state index contributed by atoms with van der Waals surface area (Å²) < 4.78 is 47.8. The highest BCUT2D eigenvalue weighted by Crippen LogP contribution is 2.46. The van der Waals surface area contributed by atoms with Crippen LogP contribution >= 0.6 is 0 Å². The second kappa shape index (κ2) is 9.95. The van der Waals surface area contributed by atoms with Gasteiger partial charge in [-0.2, -0.15) is 13.2 Å². The number of rotatable bonds is 7. The van der Waals surface area contributed by atoms with Crippen molar-refractivity contribution in [3.05, 3.63) is 89.4 Å². The Bertz CT molecular complexity index is 1180. The molecule has 2 amide bonds. The lowest BCUT2D eigenvalue weighted by Crippen LogP contribution is -2.50. The molecule has 6 nitrogen and oxygen atoms in total. The van der Waals surface area contributed by atoms with E-state index >= 15 is 0 Å². The molecule has 0 radical (unpaired) electrons. The molecule has 9 heteroatoms. The number of hydrogen-bond acceptors (Lipinski definition) is 4. The van der Waals surface area contributed by atoms with Crippen molar-refractivity contribution in [2.24, 2.45) is 5.41 Å². The molecule has 2 aromatic carbocycles. The van der Waals surface area contributed by atoms with E-state index in [0.29, 0.717) is 23.4 Å². The van der Waals surface area contributed by atoms with Crippen LogP contribution in [-0.2, 0) is 17.9 Å². The van der Waals surface area contributed by atoms with E-state index in [0.717, 1.165) is 5.56 Å². The van der Waals surface area contributed by atoms with Crippen molar-refractivity contribution in [2.45, 2.75) is 32.6 Å². The molecular formula is C26H26F3N3O3. The van der Waals surface area contributed by atoms with Gasteiger partial charge in [0, 0.05) is 24.3 Å². The molecule has 0 spiro atoms. The molecule has 1 aliphatic heterocycles. The summed E-state index contributed by atoms with van der Waals surface area (Å²) in [6.07, 6.45) is -3.52. The fourth-order valence-electron chi connectivity index (χ4n) is 4.28. The fraction of sp³-hybridized carbons (Fsp3) is 0.308. The highest BCUT2D eigenvalue weighted by atomic mass is 19.4. The van der Waals surface area contributed by atoms with Gasteiger partial charge in [-0.25, -0.2) is 0 Å². The molecule has 0 aliphatic carbocycles. The quantitative estimate of drug-likeness (QED) is 0.499. The highest BCUT2D eigenvalue weighted by molar-refractivity contribution is 5.99. The number of alkyl halides is 3. The van der Waals surface area contributed by atoms with Gasteiger partial charge in [-0.3, -0.25) is 14.5 Å². The number of likely N-dealkylation sites (tertiary alicyclic amines) is 1. The van der Waals surface area contributed by atoms with Crippen LogP contribution in [0.3, 0.4) is 0 Å². The second-order valence-corrected chi connectivity index (χ2v) is 8.77. The number of aryl methyl sites for hydroxylation is 1. The second-order valence-electron chi connectivity index (χ2n) is 8.77. The van der Waals surface area contributed by atoms with Crippen LogP contribution in [0, 0.1) is 12.3 Å². The van der Waals surface area contributed by atoms with Gasteiger partial charge in [0.15, 0.2) is 5.41 Å². The number of benzene rings is 2. The molecule has 35 heavy (non-hydrogen) atoms. The van der Waals surface area contributed by atoms with Gasteiger partial charge in [0.25, 0.3) is 5.91 Å². The SMILES string of the molecule is Cc1cc(C(=O)NCc2ccco2)ccc1NC(=O)C1(C(F)(F)F)CCN(Cc2ccccc2)C1. The maximum absolute atomic E-state index is 14.2. The summed E-state index contributed by atoms with van der Waals surface area (Å²) in [5.74, 6) is -0.852. The predicted molar refractivity (Wildman–Crippen MR) is 125 cm³/mol. The zero-order chi connectivity index (χ0) is 25.1. The van der Waals surface area contributed by atoms with Crippen molar-refractivity contribution >= 4 is 17.5 Å². The number of carbonyl (C=O) groups is 2. The van der Waals surface area contributed by atoms with Gasteiger partial charge in [0.2, 0.25) is 5.91 Å². The van der Waals surface area contributed by atoms with Crippen LogP contribution in [0.1, 0.15) is 33.7 Å². The Morgan fingerprint density at radius 1 is 1.09 bits per heavy atom. The monoisotopic (exact) mass is 485 g/mol. The number of amides is 2. The summed E-state index contributed by atoms with van der Waals surface area (Å²) in [4.78, 5) is 27.1. The zero-order valence-electron chi connectivity index (χ0n) is 19.2. The predicted octanol–water partition coefficient (Wildman–Crippen LogP) is 4.91. The van der Waals surface area contributed by atoms with Crippen LogP contribution in [-0.4, -0.2) is 36.0 Å². The Labute approximate surface area is 201 Å². The fourth-order valence-corrected chi connectivity index (χ4v) is 4.28. The lowest BCUT2D eigenvalue weighted by Gasteiger charge is -2.31. The first-order chi connectivity index (χ1) is 16.7. The van der Waals surface area contributed by atoms with Crippen molar-refractivity contribution in [3.8, 4) is 0 Å². The average molecular weight is 486 g/mol. The first kappa shape index (κ1) is 24.5. The molecule has 0 saturated carbocycles. The molecule has 1 aromatic heterocycles. The van der Waals surface area contributed by atoms with Crippen molar-refractivity contribution in [1.29, 1.82) is 0 Å². The maximum Gasteiger partial charge on any atom is 0.404 e. The minimum Gasteiger partial charge on any atom is -0.467 e. The Morgan fingerprint density at radius 2 is 1.86 bits per heavy atom. The van der Waals surface area contributed by atoms with Gasteiger partial charge in [-0.05, 0) is 61.3 Å². The molecule has 2 N–H and O–H groups in total. The third-order valence-electron chi connectivity index (χ3n) is 6.31. The van der Waals surface area contributed by atoms with Gasteiger partial charge in [-0.1, -0.05) is 30.3 Å². The maximum atomic E-state index is 14.2. The Hall–Kier alpha value is -3.59. The van der Waals surface area contributed by atoms with E-state index in [-0.39, 0.29) is 31.1 Å². The first-order valence-corrected chi connectivity index (χ1v) is 11.2. The molecular weight excluding hydrogens is 459 g/mol. The van der Waals surface area contributed by atoms with Crippen molar-refractivity contribution in [3.63, 3.8) is 0 Å². The lowest BCUT2D eigenvalue weighted by atomic mass is 9.85. The van der Waals surface area contributed by atoms with E-state index in [1.807, 2.05) is 30.3 Å². The van der Waals surface area contributed by atoms with Gasteiger partial charge in [0.05, 0.1) is 12.8 Å². The van der Waals surface area contributed by atoms with Crippen molar-refractivity contribution in [2.75, 3.05) is 18.4 Å². The Balaban J connectivity index is 1.45. The molecule has 1 saturated heterocycles. The molecule has 3 aromatic rings. The summed E-state index contributed by atoms with van der Waals surface area (Å²) in [5, 5.41) is 5.18. The van der Waals surface area contributed by atoms with E-state index in [2.05, 4.69) is 10.6 Å². The van der Waals surface area contributed by atoms with Gasteiger partial charge < -0.3 is 15.1 Å². The number of nitrogens with zero attached hydrogens (tertiary/aromatic N) is 1. The molecule has 184 valence electrons. The smallest absolute Gasteiger partial charge is 0.404 e. The van der Waals surface area contributed by atoms with Crippen molar-refractivity contribution in [1.82, 2.24) is 10.2 Å². The summed E-state index contributed by atoms with van der Waals surface area (Å²) in [5.41, 5.74) is -0.564. The summed E-state index contributed by atoms with van der Waals surface area (Å²) in [6, 6.07) is 17.1. The standard InChI is InChI=1S/C26H26F3N3O3/c1-18-14-20(23(33)30-15-21-8-5-13-35-21)9-10-22(18)31-24(34)25(26(27,28)29)11-12-32(17-25)16-19-6-3-2-4-7-19/h2-10,13-14H,11-12,15-17H2,1H3,(H,30,33)(H,31,34). The van der Waals surface area contributed by atoms with Crippen LogP contribution in [0.5, 0.6) is 0 Å². The number of furan rings is 1. The molecule has 4 rings (SSSR count). The normalized spacial score (nSPS) is 18.4. The molecule has 1 atom stereocenters. The number of anilines is 1. The van der Waals surface area contributed by atoms with Crippen LogP contribution in [0.4, 0.5) is 18.9 Å². The van der Waals surface area contributed by atoms with E-state index in [1.54, 1.807) is 24.0 Å². The summed E-state index contributed by atoms with van der Waals surface area (Å²) >= 11 is 0. The summed E-state index contributed by atoms with van der Waals surface area (Å²) in [6.45, 7) is 1.93. The van der Waals surface area contributed by atoms with Crippen molar-refractivity contribution < 1.29 is 27.2 Å². The van der Waals surface area contributed by atoms with E-state index in [4.69, 9.17) is 4.42 Å². The minimum atomic E-state index is -4.71. The topological polar surface area (TPSA) is 74.6 Å². The third kappa shape index (κ3) is 5.40. The molecule has 2 heterocycles. The van der Waals surface area contributed by atoms with Gasteiger partial charge >= 0.3 is 6.18 Å².